The van der Waals surface area contributed by atoms with Crippen molar-refractivity contribution in [2.45, 2.75) is 39.2 Å². The standard InChI is InChI=1S/C30H34N2O2/c1-23-28-8-4-5-9-29(28)32(30(23)25-12-14-26(33)15-13-25)22-24-10-16-27(17-11-24)34-21-20-31-18-6-2-3-7-19-31/h4-5,8-17,33H,2-3,6-7,18-22H2,1H3. The molecule has 1 N–H and O–H groups in total. The molecular weight excluding hydrogens is 420 g/mol. The average molecular weight is 455 g/mol. The van der Waals surface area contributed by atoms with Crippen molar-refractivity contribution in [1.82, 2.24) is 9.47 Å². The minimum absolute atomic E-state index is 0.287. The van der Waals surface area contributed by atoms with Crippen molar-refractivity contribution in [2.75, 3.05) is 26.2 Å². The molecule has 4 heteroatoms. The summed E-state index contributed by atoms with van der Waals surface area (Å²) in [6.45, 7) is 7.12. The molecule has 1 aliphatic rings. The van der Waals surface area contributed by atoms with Gasteiger partial charge in [-0.15, -0.1) is 0 Å². The van der Waals surface area contributed by atoms with E-state index in [1.54, 1.807) is 12.1 Å². The fraction of sp³-hybridized carbons (Fsp3) is 0.333. The summed E-state index contributed by atoms with van der Waals surface area (Å²) in [6.07, 6.45) is 5.36. The monoisotopic (exact) mass is 454 g/mol. The van der Waals surface area contributed by atoms with Crippen molar-refractivity contribution in [1.29, 1.82) is 0 Å². The largest absolute Gasteiger partial charge is 0.508 e. The summed E-state index contributed by atoms with van der Waals surface area (Å²) >= 11 is 0. The van der Waals surface area contributed by atoms with Crippen LogP contribution in [0.5, 0.6) is 11.5 Å². The highest BCUT2D eigenvalue weighted by Crippen LogP contribution is 2.34. The Morgan fingerprint density at radius 2 is 1.53 bits per heavy atom. The molecule has 0 spiro atoms. The SMILES string of the molecule is Cc1c(-c2ccc(O)cc2)n(Cc2ccc(OCCN3CCCCCC3)cc2)c2ccccc12. The Hall–Kier alpha value is -3.24. The quantitative estimate of drug-likeness (QED) is 0.341. The van der Waals surface area contributed by atoms with Gasteiger partial charge in [-0.1, -0.05) is 43.2 Å². The zero-order chi connectivity index (χ0) is 23.3. The molecule has 0 aliphatic carbocycles. The Labute approximate surface area is 202 Å². The van der Waals surface area contributed by atoms with Gasteiger partial charge >= 0.3 is 0 Å². The van der Waals surface area contributed by atoms with Crippen LogP contribution in [0.3, 0.4) is 0 Å². The molecule has 0 atom stereocenters. The van der Waals surface area contributed by atoms with Gasteiger partial charge in [0.25, 0.3) is 0 Å². The van der Waals surface area contributed by atoms with Crippen LogP contribution >= 0.6 is 0 Å². The number of likely N-dealkylation sites (tertiary alicyclic amines) is 1. The van der Waals surface area contributed by atoms with Gasteiger partial charge in [0.2, 0.25) is 0 Å². The third-order valence-electron chi connectivity index (χ3n) is 7.00. The number of phenolic OH excluding ortho intramolecular Hbond substituents is 1. The van der Waals surface area contributed by atoms with E-state index in [0.717, 1.165) is 31.0 Å². The number of nitrogens with zero attached hydrogens (tertiary/aromatic N) is 2. The molecule has 0 saturated carbocycles. The second kappa shape index (κ2) is 10.4. The van der Waals surface area contributed by atoms with Gasteiger partial charge in [-0.3, -0.25) is 4.90 Å². The summed E-state index contributed by atoms with van der Waals surface area (Å²) in [5.74, 6) is 1.22. The van der Waals surface area contributed by atoms with E-state index < -0.39 is 0 Å². The van der Waals surface area contributed by atoms with E-state index in [1.807, 2.05) is 12.1 Å². The van der Waals surface area contributed by atoms with E-state index in [0.29, 0.717) is 0 Å². The van der Waals surface area contributed by atoms with Crippen LogP contribution in [0.1, 0.15) is 36.8 Å². The van der Waals surface area contributed by atoms with Crippen molar-refractivity contribution in [3.63, 3.8) is 0 Å². The smallest absolute Gasteiger partial charge is 0.119 e. The molecule has 0 radical (unpaired) electrons. The first kappa shape index (κ1) is 22.5. The van der Waals surface area contributed by atoms with E-state index >= 15 is 0 Å². The van der Waals surface area contributed by atoms with Crippen LogP contribution in [0.15, 0.2) is 72.8 Å². The third-order valence-corrected chi connectivity index (χ3v) is 7.00. The summed E-state index contributed by atoms with van der Waals surface area (Å²) < 4.78 is 8.44. The van der Waals surface area contributed by atoms with Crippen LogP contribution in [-0.4, -0.2) is 40.8 Å². The van der Waals surface area contributed by atoms with Crippen LogP contribution in [0.25, 0.3) is 22.2 Å². The number of benzene rings is 3. The van der Waals surface area contributed by atoms with Crippen molar-refractivity contribution >= 4 is 10.9 Å². The molecule has 0 unspecified atom stereocenters. The summed E-state index contributed by atoms with van der Waals surface area (Å²) in [6, 6.07) is 24.6. The Bertz CT molecular complexity index is 1220. The highest BCUT2D eigenvalue weighted by molar-refractivity contribution is 5.91. The summed E-state index contributed by atoms with van der Waals surface area (Å²) in [5, 5.41) is 11.0. The fourth-order valence-electron chi connectivity index (χ4n) is 5.16. The van der Waals surface area contributed by atoms with Gasteiger partial charge in [-0.05, 0) is 92.0 Å². The average Bonchev–Trinajstić information content (AvgIpc) is 3.00. The van der Waals surface area contributed by atoms with Gasteiger partial charge in [0.15, 0.2) is 0 Å². The number of phenols is 1. The molecule has 1 saturated heterocycles. The lowest BCUT2D eigenvalue weighted by atomic mass is 10.1. The van der Waals surface area contributed by atoms with Crippen molar-refractivity contribution in [3.8, 4) is 22.8 Å². The summed E-state index contributed by atoms with van der Waals surface area (Å²) in [7, 11) is 0. The molecule has 5 rings (SSSR count). The Morgan fingerprint density at radius 1 is 0.824 bits per heavy atom. The van der Waals surface area contributed by atoms with E-state index in [-0.39, 0.29) is 5.75 Å². The van der Waals surface area contributed by atoms with E-state index in [2.05, 4.69) is 64.9 Å². The number of fused-ring (bicyclic) bond motifs is 1. The normalized spacial score (nSPS) is 14.9. The lowest BCUT2D eigenvalue weighted by Gasteiger charge is -2.19. The molecule has 34 heavy (non-hydrogen) atoms. The Morgan fingerprint density at radius 3 is 2.26 bits per heavy atom. The molecule has 1 aliphatic heterocycles. The Kier molecular flexibility index (Phi) is 6.87. The fourth-order valence-corrected chi connectivity index (χ4v) is 5.16. The van der Waals surface area contributed by atoms with E-state index in [9.17, 15) is 5.11 Å². The highest BCUT2D eigenvalue weighted by Gasteiger charge is 2.16. The first-order valence-corrected chi connectivity index (χ1v) is 12.5. The molecule has 3 aromatic carbocycles. The number of aromatic nitrogens is 1. The number of hydrogen-bond acceptors (Lipinski definition) is 3. The number of aromatic hydroxyl groups is 1. The predicted molar refractivity (Wildman–Crippen MR) is 140 cm³/mol. The van der Waals surface area contributed by atoms with Crippen LogP contribution in [0, 0.1) is 6.92 Å². The second-order valence-corrected chi connectivity index (χ2v) is 9.37. The maximum absolute atomic E-state index is 9.77. The van der Waals surface area contributed by atoms with Gasteiger partial charge in [-0.25, -0.2) is 0 Å². The van der Waals surface area contributed by atoms with Crippen molar-refractivity contribution < 1.29 is 9.84 Å². The molecule has 4 aromatic rings. The third kappa shape index (κ3) is 4.97. The topological polar surface area (TPSA) is 37.6 Å². The van der Waals surface area contributed by atoms with E-state index in [1.165, 1.54) is 66.5 Å². The van der Waals surface area contributed by atoms with Crippen LogP contribution in [-0.2, 0) is 6.54 Å². The number of para-hydroxylation sites is 1. The summed E-state index contributed by atoms with van der Waals surface area (Å²) in [5.41, 5.74) is 6.02. The Balaban J connectivity index is 1.33. The van der Waals surface area contributed by atoms with Crippen molar-refractivity contribution in [2.24, 2.45) is 0 Å². The lowest BCUT2D eigenvalue weighted by molar-refractivity contribution is 0.214. The maximum Gasteiger partial charge on any atom is 0.119 e. The molecule has 0 bridgehead atoms. The van der Waals surface area contributed by atoms with Crippen molar-refractivity contribution in [3.05, 3.63) is 83.9 Å². The molecule has 176 valence electrons. The molecule has 2 heterocycles. The molecule has 4 nitrogen and oxygen atoms in total. The highest BCUT2D eigenvalue weighted by atomic mass is 16.5. The van der Waals surface area contributed by atoms with Gasteiger partial charge < -0.3 is 14.4 Å². The van der Waals surface area contributed by atoms with Crippen LogP contribution in [0.4, 0.5) is 0 Å². The van der Waals surface area contributed by atoms with Crippen LogP contribution in [0.2, 0.25) is 0 Å². The predicted octanol–water partition coefficient (Wildman–Crippen LogP) is 6.63. The van der Waals surface area contributed by atoms with Crippen LogP contribution < -0.4 is 4.74 Å². The van der Waals surface area contributed by atoms with Gasteiger partial charge in [0.05, 0.1) is 5.69 Å². The number of aryl methyl sites for hydroxylation is 1. The van der Waals surface area contributed by atoms with Gasteiger partial charge in [0.1, 0.15) is 18.1 Å². The zero-order valence-electron chi connectivity index (χ0n) is 20.0. The number of hydrogen-bond donors (Lipinski definition) is 1. The van der Waals surface area contributed by atoms with E-state index in [4.69, 9.17) is 4.74 Å². The first-order valence-electron chi connectivity index (χ1n) is 12.5. The number of rotatable bonds is 7. The molecule has 1 aromatic heterocycles. The molecule has 1 fully saturated rings. The van der Waals surface area contributed by atoms with Gasteiger partial charge in [-0.2, -0.15) is 0 Å². The second-order valence-electron chi connectivity index (χ2n) is 9.37. The molecular formula is C30H34N2O2. The number of ether oxygens (including phenoxy) is 1. The minimum Gasteiger partial charge on any atom is -0.508 e. The summed E-state index contributed by atoms with van der Waals surface area (Å²) in [4.78, 5) is 2.53. The first-order chi connectivity index (χ1) is 16.7. The molecule has 0 amide bonds. The lowest BCUT2D eigenvalue weighted by Crippen LogP contribution is -2.29. The zero-order valence-corrected chi connectivity index (χ0v) is 20.0. The minimum atomic E-state index is 0.287. The maximum atomic E-state index is 9.77. The van der Waals surface area contributed by atoms with Gasteiger partial charge in [0, 0.05) is 24.0 Å².